The fraction of sp³-hybridized carbons (Fsp3) is 0.500. The van der Waals surface area contributed by atoms with Crippen LogP contribution in [0.25, 0.3) is 0 Å². The Labute approximate surface area is 139 Å². The molecule has 0 aromatic rings. The van der Waals surface area contributed by atoms with Gasteiger partial charge in [-0.2, -0.15) is 0 Å². The van der Waals surface area contributed by atoms with Gasteiger partial charge in [0, 0.05) is 0 Å². The van der Waals surface area contributed by atoms with Crippen molar-refractivity contribution in [1.29, 1.82) is 0 Å². The predicted molar refractivity (Wildman–Crippen MR) is 22.0 cm³/mol. The molecular weight excluding hydrogens is 252 g/mol. The molecule has 0 aromatic heterocycles. The van der Waals surface area contributed by atoms with Gasteiger partial charge in [0.25, 0.3) is 0 Å². The van der Waals surface area contributed by atoms with E-state index in [4.69, 9.17) is 10.2 Å². The zero-order chi connectivity index (χ0) is 8.31. The molecule has 2 N–H and O–H groups in total. The molecule has 0 saturated carbocycles. The Balaban J connectivity index is -0.000000405. The number of rotatable bonds is 3. The Hall–Kier alpha value is 1.67. The van der Waals surface area contributed by atoms with Gasteiger partial charge in [0.05, 0.1) is 11.9 Å². The molecule has 0 spiro atoms. The van der Waals surface area contributed by atoms with Crippen LogP contribution in [0.1, 0.15) is 0 Å². The van der Waals surface area contributed by atoms with E-state index in [0.29, 0.717) is 0 Å². The van der Waals surface area contributed by atoms with Gasteiger partial charge in [-0.05, 0) is 0 Å². The third-order valence-corrected chi connectivity index (χ3v) is 0.782. The van der Waals surface area contributed by atoms with Gasteiger partial charge in [-0.3, -0.25) is 0 Å². The molecule has 0 radical (unpaired) electrons. The van der Waals surface area contributed by atoms with Crippen LogP contribution in [0, 0.1) is 0 Å². The van der Waals surface area contributed by atoms with Gasteiger partial charge in [0.2, 0.25) is 0 Å². The largest absolute Gasteiger partial charge is 1.00 e. The van der Waals surface area contributed by atoms with Crippen molar-refractivity contribution in [3.63, 3.8) is 0 Å². The maximum absolute atomic E-state index is 9.63. The van der Waals surface area contributed by atoms with Gasteiger partial charge in [0.15, 0.2) is 0 Å². The van der Waals surface area contributed by atoms with Crippen LogP contribution >= 0.6 is 0 Å². The molecule has 0 aromatic carbocycles. The molecule has 0 bridgehead atoms. The van der Waals surface area contributed by atoms with Gasteiger partial charge >= 0.3 is 87.7 Å². The summed E-state index contributed by atoms with van der Waals surface area (Å²) in [6.07, 6.45) is -4.88. The third-order valence-electron chi connectivity index (χ3n) is 0.782. The number of aliphatic carboxylic acids is 2. The summed E-state index contributed by atoms with van der Waals surface area (Å²) in [6.45, 7) is 0. The molecule has 0 rings (SSSR count). The number of aliphatic hydroxyl groups is 2. The standard InChI is InChI=1S/C4H6O6.Na.Rb/c5-1(3(7)8)2(6)4(9)10;;/h1-2,5-6H,(H,7,8)(H,9,10);;/q;2*+1/p-2/t1-,2-;;/m0../s1. The van der Waals surface area contributed by atoms with Crippen LogP contribution in [-0.4, -0.2) is 34.4 Å². The number of hydrogen-bond acceptors (Lipinski definition) is 6. The monoisotopic (exact) mass is 256 g/mol. The number of aliphatic hydroxyl groups excluding tert-OH is 2. The minimum absolute atomic E-state index is 0. The van der Waals surface area contributed by atoms with E-state index in [1.165, 1.54) is 0 Å². The van der Waals surface area contributed by atoms with Crippen molar-refractivity contribution in [2.75, 3.05) is 0 Å². The second-order valence-corrected chi connectivity index (χ2v) is 1.53. The van der Waals surface area contributed by atoms with Gasteiger partial charge in [-0.25, -0.2) is 0 Å². The number of carbonyl (C=O) groups excluding carboxylic acids is 2. The van der Waals surface area contributed by atoms with Crippen molar-refractivity contribution in [3.05, 3.63) is 0 Å². The molecule has 0 fully saturated rings. The average molecular weight is 257 g/mol. The molecule has 6 nitrogen and oxygen atoms in total. The zero-order valence-corrected chi connectivity index (χ0v) is 13.6. The summed E-state index contributed by atoms with van der Waals surface area (Å²) in [5.41, 5.74) is 0. The van der Waals surface area contributed by atoms with Gasteiger partial charge in [0.1, 0.15) is 12.2 Å². The Morgan fingerprint density at radius 3 is 1.25 bits per heavy atom. The summed E-state index contributed by atoms with van der Waals surface area (Å²) in [5, 5.41) is 35.7. The molecule has 58 valence electrons. The van der Waals surface area contributed by atoms with E-state index in [1.807, 2.05) is 0 Å². The molecule has 0 heterocycles. The van der Waals surface area contributed by atoms with Crippen LogP contribution < -0.4 is 98.0 Å². The summed E-state index contributed by atoms with van der Waals surface area (Å²) in [6, 6.07) is 0. The van der Waals surface area contributed by atoms with Crippen molar-refractivity contribution in [2.24, 2.45) is 0 Å². The number of hydrogen-bond donors (Lipinski definition) is 2. The van der Waals surface area contributed by atoms with Crippen LogP contribution in [0.2, 0.25) is 0 Å². The first-order valence-corrected chi connectivity index (χ1v) is 2.24. The number of carboxylic acids is 2. The van der Waals surface area contributed by atoms with Gasteiger partial charge in [-0.15, -0.1) is 0 Å². The zero-order valence-electron chi connectivity index (χ0n) is 6.68. The van der Waals surface area contributed by atoms with Crippen LogP contribution in [-0.2, 0) is 9.59 Å². The molecule has 2 atom stereocenters. The van der Waals surface area contributed by atoms with E-state index in [1.54, 1.807) is 0 Å². The van der Waals surface area contributed by atoms with Gasteiger partial charge in [-0.1, -0.05) is 0 Å². The molecule has 0 amide bonds. The molecule has 0 saturated heterocycles. The van der Waals surface area contributed by atoms with Crippen molar-refractivity contribution < 1.29 is 118 Å². The maximum atomic E-state index is 9.63. The molecule has 0 unspecified atom stereocenters. The van der Waals surface area contributed by atoms with E-state index >= 15 is 0 Å². The average Bonchev–Trinajstić information content (AvgIpc) is 1.84. The third kappa shape index (κ3) is 7.11. The SMILES string of the molecule is O=C([O-])[C@@H](O)[C@H](O)C(=O)[O-].[Na+].[Rb+]. The fourth-order valence-electron chi connectivity index (χ4n) is 0.258. The summed E-state index contributed by atoms with van der Waals surface area (Å²) < 4.78 is 0. The van der Waals surface area contributed by atoms with Crippen molar-refractivity contribution in [3.8, 4) is 0 Å². The van der Waals surface area contributed by atoms with Gasteiger partial charge < -0.3 is 30.0 Å². The van der Waals surface area contributed by atoms with E-state index in [-0.39, 0.29) is 87.7 Å². The van der Waals surface area contributed by atoms with Crippen LogP contribution in [0.4, 0.5) is 0 Å². The van der Waals surface area contributed by atoms with E-state index in [0.717, 1.165) is 0 Å². The topological polar surface area (TPSA) is 121 Å². The van der Waals surface area contributed by atoms with E-state index in [9.17, 15) is 19.8 Å². The summed E-state index contributed by atoms with van der Waals surface area (Å²) in [4.78, 5) is 19.3. The van der Waals surface area contributed by atoms with Crippen molar-refractivity contribution >= 4 is 11.9 Å². The molecule has 0 aliphatic rings. The van der Waals surface area contributed by atoms with Crippen LogP contribution in [0.15, 0.2) is 0 Å². The minimum atomic E-state index is -2.44. The normalized spacial score (nSPS) is 13.2. The fourth-order valence-corrected chi connectivity index (χ4v) is 0.258. The van der Waals surface area contributed by atoms with E-state index < -0.39 is 24.1 Å². The summed E-state index contributed by atoms with van der Waals surface area (Å²) in [7, 11) is 0. The Morgan fingerprint density at radius 2 is 1.17 bits per heavy atom. The first-order chi connectivity index (χ1) is 4.46. The smallest absolute Gasteiger partial charge is 0.547 e. The quantitative estimate of drug-likeness (QED) is 0.484. The van der Waals surface area contributed by atoms with Crippen molar-refractivity contribution in [2.45, 2.75) is 12.2 Å². The van der Waals surface area contributed by atoms with Crippen molar-refractivity contribution in [1.82, 2.24) is 0 Å². The Bertz CT molecular complexity index is 144. The maximum Gasteiger partial charge on any atom is 1.00 e. The Kier molecular flexibility index (Phi) is 14.8. The second kappa shape index (κ2) is 9.23. The summed E-state index contributed by atoms with van der Waals surface area (Å²) >= 11 is 0. The number of carbonyl (C=O) groups is 2. The molecule has 12 heavy (non-hydrogen) atoms. The first kappa shape index (κ1) is 19.3. The predicted octanol–water partition coefficient (Wildman–Crippen LogP) is -10.8. The molecule has 0 aliphatic heterocycles. The van der Waals surface area contributed by atoms with E-state index in [2.05, 4.69) is 0 Å². The number of carboxylic acid groups (broad SMARTS) is 2. The molecule has 0 aliphatic carbocycles. The first-order valence-electron chi connectivity index (χ1n) is 2.24. The minimum Gasteiger partial charge on any atom is -0.547 e. The molecule has 8 heteroatoms. The van der Waals surface area contributed by atoms with Crippen LogP contribution in [0.3, 0.4) is 0 Å². The Morgan fingerprint density at radius 1 is 1.00 bits per heavy atom. The summed E-state index contributed by atoms with van der Waals surface area (Å²) in [5.74, 6) is -4.12. The molecular formula is C4H4NaO6Rb. The second-order valence-electron chi connectivity index (χ2n) is 1.53. The van der Waals surface area contributed by atoms with Crippen LogP contribution in [0.5, 0.6) is 0 Å².